The van der Waals surface area contributed by atoms with E-state index in [-0.39, 0.29) is 11.9 Å². The largest absolute Gasteiger partial charge is 0.444 e. The molecule has 168 valence electrons. The number of rotatable bonds is 3. The zero-order chi connectivity index (χ0) is 23.0. The third-order valence-electron chi connectivity index (χ3n) is 5.59. The molecule has 0 spiro atoms. The fraction of sp³-hybridized carbons (Fsp3) is 0.360. The number of ether oxygens (including phenoxy) is 1. The molecule has 2 aromatic carbocycles. The quantitative estimate of drug-likeness (QED) is 0.571. The number of amides is 2. The van der Waals surface area contributed by atoms with E-state index in [9.17, 15) is 9.59 Å². The van der Waals surface area contributed by atoms with Gasteiger partial charge in [0, 0.05) is 28.2 Å². The van der Waals surface area contributed by atoms with Crippen molar-refractivity contribution in [1.29, 1.82) is 0 Å². The van der Waals surface area contributed by atoms with E-state index in [1.807, 2.05) is 53.4 Å². The number of hydrogen-bond donors (Lipinski definition) is 2. The predicted molar refractivity (Wildman–Crippen MR) is 126 cm³/mol. The van der Waals surface area contributed by atoms with Crippen LogP contribution in [0.5, 0.6) is 0 Å². The lowest BCUT2D eigenvalue weighted by Crippen LogP contribution is -2.51. The Morgan fingerprint density at radius 1 is 1.19 bits per heavy atom. The molecule has 6 nitrogen and oxygen atoms in total. The highest BCUT2D eigenvalue weighted by atomic mass is 35.5. The minimum absolute atomic E-state index is 0.160. The maximum atomic E-state index is 13.5. The molecule has 2 atom stereocenters. The number of nitrogens with one attached hydrogen (secondary N) is 2. The molecule has 0 saturated heterocycles. The summed E-state index contributed by atoms with van der Waals surface area (Å²) in [5.74, 6) is -0.160. The number of alkyl carbamates (subject to hydrolysis) is 1. The van der Waals surface area contributed by atoms with Gasteiger partial charge in [-0.1, -0.05) is 41.9 Å². The second-order valence-corrected chi connectivity index (χ2v) is 9.61. The molecule has 0 saturated carbocycles. The fourth-order valence-electron chi connectivity index (χ4n) is 4.27. The molecule has 0 fully saturated rings. The van der Waals surface area contributed by atoms with Crippen LogP contribution in [0.4, 0.5) is 4.79 Å². The highest BCUT2D eigenvalue weighted by Gasteiger charge is 2.36. The Bertz CT molecular complexity index is 1150. The third-order valence-corrected chi connectivity index (χ3v) is 5.83. The number of carbonyl (C=O) groups excluding carboxylic acids is 2. The first-order chi connectivity index (χ1) is 15.1. The van der Waals surface area contributed by atoms with E-state index >= 15 is 0 Å². The van der Waals surface area contributed by atoms with Crippen molar-refractivity contribution in [1.82, 2.24) is 15.2 Å². The van der Waals surface area contributed by atoms with Gasteiger partial charge in [-0.15, -0.1) is 0 Å². The van der Waals surface area contributed by atoms with Crippen LogP contribution in [0.2, 0.25) is 5.02 Å². The van der Waals surface area contributed by atoms with Crippen LogP contribution in [0.25, 0.3) is 10.9 Å². The second-order valence-electron chi connectivity index (χ2n) is 9.17. The number of hydrogen-bond acceptors (Lipinski definition) is 3. The number of fused-ring (bicyclic) bond motifs is 3. The number of halogens is 1. The number of carbonyl (C=O) groups is 2. The SMILES string of the molecule is C[C@H](NC(=O)OC(C)(C)C)C(=O)N1CCc2c([nH]c3ccc(Cl)cc23)C1c1ccccc1. The van der Waals surface area contributed by atoms with E-state index in [1.54, 1.807) is 27.7 Å². The van der Waals surface area contributed by atoms with Crippen molar-refractivity contribution in [3.05, 3.63) is 70.4 Å². The molecule has 2 amide bonds. The topological polar surface area (TPSA) is 74.4 Å². The summed E-state index contributed by atoms with van der Waals surface area (Å²) in [7, 11) is 0. The fourth-order valence-corrected chi connectivity index (χ4v) is 4.45. The first kappa shape index (κ1) is 22.2. The molecule has 0 aliphatic carbocycles. The van der Waals surface area contributed by atoms with Gasteiger partial charge in [0.2, 0.25) is 5.91 Å². The Labute approximate surface area is 192 Å². The van der Waals surface area contributed by atoms with E-state index < -0.39 is 17.7 Å². The minimum atomic E-state index is -0.726. The van der Waals surface area contributed by atoms with E-state index in [0.29, 0.717) is 18.0 Å². The number of H-pyrrole nitrogens is 1. The molecule has 1 aliphatic heterocycles. The van der Waals surface area contributed by atoms with Crippen molar-refractivity contribution in [3.8, 4) is 0 Å². The number of aromatic amines is 1. The van der Waals surface area contributed by atoms with Gasteiger partial charge in [0.05, 0.1) is 6.04 Å². The maximum absolute atomic E-state index is 13.5. The molecule has 7 heteroatoms. The van der Waals surface area contributed by atoms with Gasteiger partial charge in [-0.2, -0.15) is 0 Å². The smallest absolute Gasteiger partial charge is 0.408 e. The van der Waals surface area contributed by atoms with Gasteiger partial charge in [0.25, 0.3) is 0 Å². The first-order valence-electron chi connectivity index (χ1n) is 10.8. The van der Waals surface area contributed by atoms with Crippen LogP contribution in [-0.4, -0.2) is 40.1 Å². The van der Waals surface area contributed by atoms with Gasteiger partial charge in [-0.3, -0.25) is 4.79 Å². The van der Waals surface area contributed by atoms with Crippen molar-refractivity contribution in [3.63, 3.8) is 0 Å². The van der Waals surface area contributed by atoms with Crippen molar-refractivity contribution in [2.75, 3.05) is 6.54 Å². The van der Waals surface area contributed by atoms with Crippen LogP contribution in [0.3, 0.4) is 0 Å². The normalized spacial score (nSPS) is 17.0. The lowest BCUT2D eigenvalue weighted by Gasteiger charge is -2.37. The molecule has 32 heavy (non-hydrogen) atoms. The molecule has 1 aliphatic rings. The Balaban J connectivity index is 1.69. The number of benzene rings is 2. The highest BCUT2D eigenvalue weighted by molar-refractivity contribution is 6.31. The van der Waals surface area contributed by atoms with Crippen LogP contribution in [0, 0.1) is 0 Å². The third kappa shape index (κ3) is 4.46. The van der Waals surface area contributed by atoms with E-state index in [0.717, 1.165) is 22.2 Å². The highest BCUT2D eigenvalue weighted by Crippen LogP contribution is 2.39. The molecular formula is C25H28ClN3O3. The summed E-state index contributed by atoms with van der Waals surface area (Å²) in [6, 6.07) is 14.7. The van der Waals surface area contributed by atoms with Gasteiger partial charge in [-0.05, 0) is 63.4 Å². The minimum Gasteiger partial charge on any atom is -0.444 e. The van der Waals surface area contributed by atoms with E-state index in [2.05, 4.69) is 10.3 Å². The summed E-state index contributed by atoms with van der Waals surface area (Å²) >= 11 is 6.26. The molecule has 2 heterocycles. The second kappa shape index (κ2) is 8.51. The molecule has 0 bridgehead atoms. The van der Waals surface area contributed by atoms with Crippen molar-refractivity contribution in [2.45, 2.75) is 51.8 Å². The van der Waals surface area contributed by atoms with Gasteiger partial charge < -0.3 is 19.9 Å². The van der Waals surface area contributed by atoms with E-state index in [4.69, 9.17) is 16.3 Å². The first-order valence-corrected chi connectivity index (χ1v) is 11.2. The number of aromatic nitrogens is 1. The molecular weight excluding hydrogens is 426 g/mol. The zero-order valence-corrected chi connectivity index (χ0v) is 19.5. The van der Waals surface area contributed by atoms with Gasteiger partial charge in [0.1, 0.15) is 11.6 Å². The van der Waals surface area contributed by atoms with Crippen LogP contribution < -0.4 is 5.32 Å². The van der Waals surface area contributed by atoms with Crippen LogP contribution in [-0.2, 0) is 16.0 Å². The standard InChI is InChI=1S/C25H28ClN3O3/c1-15(27-24(31)32-25(2,3)4)23(30)29-13-12-18-19-14-17(26)10-11-20(19)28-21(18)22(29)16-8-6-5-7-9-16/h5-11,14-15,22,28H,12-13H2,1-4H3,(H,27,31)/t15-,22?/m0/s1. The van der Waals surface area contributed by atoms with Crippen molar-refractivity contribution < 1.29 is 14.3 Å². The Morgan fingerprint density at radius 3 is 2.59 bits per heavy atom. The molecule has 1 unspecified atom stereocenters. The average Bonchev–Trinajstić information content (AvgIpc) is 3.09. The summed E-state index contributed by atoms with van der Waals surface area (Å²) < 4.78 is 5.33. The van der Waals surface area contributed by atoms with Gasteiger partial charge in [-0.25, -0.2) is 4.79 Å². The van der Waals surface area contributed by atoms with Crippen LogP contribution in [0.1, 0.15) is 50.6 Å². The Morgan fingerprint density at radius 2 is 1.91 bits per heavy atom. The average molecular weight is 454 g/mol. The summed E-state index contributed by atoms with van der Waals surface area (Å²) in [4.78, 5) is 31.1. The molecule has 3 aromatic rings. The lowest BCUT2D eigenvalue weighted by molar-refractivity contribution is -0.135. The molecule has 2 N–H and O–H groups in total. The van der Waals surface area contributed by atoms with Gasteiger partial charge in [0.15, 0.2) is 0 Å². The van der Waals surface area contributed by atoms with Crippen molar-refractivity contribution in [2.24, 2.45) is 0 Å². The number of nitrogens with zero attached hydrogens (tertiary/aromatic N) is 1. The monoisotopic (exact) mass is 453 g/mol. The summed E-state index contributed by atoms with van der Waals surface area (Å²) in [5, 5.41) is 4.45. The Kier molecular flexibility index (Phi) is 5.91. The Hall–Kier alpha value is -2.99. The van der Waals surface area contributed by atoms with Gasteiger partial charge >= 0.3 is 6.09 Å². The molecule has 4 rings (SSSR count). The summed E-state index contributed by atoms with van der Waals surface area (Å²) in [5.41, 5.74) is 3.52. The van der Waals surface area contributed by atoms with Crippen molar-refractivity contribution >= 4 is 34.5 Å². The summed E-state index contributed by atoms with van der Waals surface area (Å²) in [6.07, 6.45) is 0.0942. The van der Waals surface area contributed by atoms with Crippen LogP contribution in [0.15, 0.2) is 48.5 Å². The van der Waals surface area contributed by atoms with E-state index in [1.165, 1.54) is 5.56 Å². The zero-order valence-electron chi connectivity index (χ0n) is 18.7. The molecule has 1 aromatic heterocycles. The van der Waals surface area contributed by atoms with Crippen LogP contribution >= 0.6 is 11.6 Å². The maximum Gasteiger partial charge on any atom is 0.408 e. The predicted octanol–water partition coefficient (Wildman–Crippen LogP) is 5.21. The lowest BCUT2D eigenvalue weighted by atomic mass is 9.92. The molecule has 0 radical (unpaired) electrons. The summed E-state index contributed by atoms with van der Waals surface area (Å²) in [6.45, 7) is 7.59.